The Bertz CT molecular complexity index is 440. The fourth-order valence-electron chi connectivity index (χ4n) is 3.25. The molecule has 0 fully saturated rings. The molecule has 1 N–H and O–H groups in total. The quantitative estimate of drug-likeness (QED) is 0.847. The number of ether oxygens (including phenoxy) is 1. The van der Waals surface area contributed by atoms with E-state index < -0.39 is 0 Å². The second kappa shape index (κ2) is 4.13. The molecule has 2 heterocycles. The van der Waals surface area contributed by atoms with Gasteiger partial charge in [0.25, 0.3) is 0 Å². The molecule has 0 saturated heterocycles. The van der Waals surface area contributed by atoms with Gasteiger partial charge in [0, 0.05) is 31.4 Å². The van der Waals surface area contributed by atoms with Crippen LogP contribution in [0.15, 0.2) is 6.07 Å². The van der Waals surface area contributed by atoms with Crippen LogP contribution in [0.25, 0.3) is 0 Å². The van der Waals surface area contributed by atoms with Crippen molar-refractivity contribution in [1.29, 1.82) is 0 Å². The van der Waals surface area contributed by atoms with Crippen molar-refractivity contribution in [3.05, 3.63) is 17.2 Å². The molecule has 3 nitrogen and oxygen atoms in total. The van der Waals surface area contributed by atoms with Gasteiger partial charge in [-0.3, -0.25) is 0 Å². The molecule has 0 unspecified atom stereocenters. The van der Waals surface area contributed by atoms with Crippen molar-refractivity contribution in [3.63, 3.8) is 0 Å². The highest BCUT2D eigenvalue weighted by atomic mass is 16.5. The number of hydrogen-bond acceptors (Lipinski definition) is 3. The van der Waals surface area contributed by atoms with E-state index >= 15 is 0 Å². The number of anilines is 2. The van der Waals surface area contributed by atoms with Gasteiger partial charge in [-0.25, -0.2) is 0 Å². The van der Waals surface area contributed by atoms with Crippen LogP contribution in [0.1, 0.15) is 24.0 Å². The summed E-state index contributed by atoms with van der Waals surface area (Å²) in [5, 5.41) is 3.27. The monoisotopic (exact) mass is 232 g/mol. The molecule has 0 atom stereocenters. The van der Waals surface area contributed by atoms with Gasteiger partial charge in [0.05, 0.1) is 12.8 Å². The lowest BCUT2D eigenvalue weighted by Crippen LogP contribution is -2.34. The summed E-state index contributed by atoms with van der Waals surface area (Å²) in [4.78, 5) is 2.54. The second-order valence-corrected chi connectivity index (χ2v) is 4.89. The first kappa shape index (κ1) is 10.8. The normalized spacial score (nSPS) is 17.6. The minimum absolute atomic E-state index is 1.05. The molecule has 1 aromatic rings. The maximum absolute atomic E-state index is 5.62. The van der Waals surface area contributed by atoms with Crippen LogP contribution in [-0.2, 0) is 12.8 Å². The fraction of sp³-hybridized carbons (Fsp3) is 0.571. The minimum atomic E-state index is 1.05. The zero-order valence-electron chi connectivity index (χ0n) is 10.7. The van der Waals surface area contributed by atoms with Gasteiger partial charge >= 0.3 is 0 Å². The Morgan fingerprint density at radius 3 is 2.71 bits per heavy atom. The summed E-state index contributed by atoms with van der Waals surface area (Å²) in [5.74, 6) is 1.05. The third kappa shape index (κ3) is 1.56. The highest BCUT2D eigenvalue weighted by Crippen LogP contribution is 2.44. The SMILES string of the molecule is CNc1cc2c3c(c1OC)CCCN3CCC2. The summed E-state index contributed by atoms with van der Waals surface area (Å²) < 4.78 is 5.62. The number of benzene rings is 1. The average molecular weight is 232 g/mol. The predicted octanol–water partition coefficient (Wildman–Crippen LogP) is 2.44. The van der Waals surface area contributed by atoms with E-state index in [-0.39, 0.29) is 0 Å². The van der Waals surface area contributed by atoms with E-state index in [1.165, 1.54) is 49.2 Å². The van der Waals surface area contributed by atoms with E-state index in [0.29, 0.717) is 0 Å². The van der Waals surface area contributed by atoms with Gasteiger partial charge in [-0.1, -0.05) is 0 Å². The number of aryl methyl sites for hydroxylation is 1. The van der Waals surface area contributed by atoms with Crippen LogP contribution in [0.4, 0.5) is 11.4 Å². The molecular weight excluding hydrogens is 212 g/mol. The van der Waals surface area contributed by atoms with Crippen molar-refractivity contribution in [1.82, 2.24) is 0 Å². The number of rotatable bonds is 2. The van der Waals surface area contributed by atoms with Crippen molar-refractivity contribution >= 4 is 11.4 Å². The molecule has 2 aliphatic heterocycles. The van der Waals surface area contributed by atoms with Crippen LogP contribution in [0.5, 0.6) is 5.75 Å². The van der Waals surface area contributed by atoms with Crippen molar-refractivity contribution < 1.29 is 4.74 Å². The molecule has 3 rings (SSSR count). The van der Waals surface area contributed by atoms with Crippen LogP contribution in [0, 0.1) is 0 Å². The third-order valence-corrected chi connectivity index (χ3v) is 3.95. The van der Waals surface area contributed by atoms with Crippen LogP contribution in [-0.4, -0.2) is 27.2 Å². The summed E-state index contributed by atoms with van der Waals surface area (Å²) in [7, 11) is 3.75. The Kier molecular flexibility index (Phi) is 2.61. The van der Waals surface area contributed by atoms with E-state index in [4.69, 9.17) is 4.74 Å². The van der Waals surface area contributed by atoms with Crippen LogP contribution in [0.3, 0.4) is 0 Å². The van der Waals surface area contributed by atoms with E-state index in [1.54, 1.807) is 7.11 Å². The van der Waals surface area contributed by atoms with Crippen molar-refractivity contribution in [3.8, 4) is 5.75 Å². The summed E-state index contributed by atoms with van der Waals surface area (Å²) in [6.45, 7) is 2.42. The van der Waals surface area contributed by atoms with Gasteiger partial charge in [0.1, 0.15) is 5.75 Å². The summed E-state index contributed by atoms with van der Waals surface area (Å²) in [6, 6.07) is 2.27. The maximum Gasteiger partial charge on any atom is 0.147 e. The van der Waals surface area contributed by atoms with E-state index in [9.17, 15) is 0 Å². The molecule has 0 amide bonds. The molecule has 0 bridgehead atoms. The topological polar surface area (TPSA) is 24.5 Å². The number of methoxy groups -OCH3 is 1. The van der Waals surface area contributed by atoms with E-state index in [1.807, 2.05) is 7.05 Å². The third-order valence-electron chi connectivity index (χ3n) is 3.95. The molecule has 0 aromatic heterocycles. The average Bonchev–Trinajstić information content (AvgIpc) is 2.39. The lowest BCUT2D eigenvalue weighted by Gasteiger charge is -2.38. The molecule has 17 heavy (non-hydrogen) atoms. The van der Waals surface area contributed by atoms with E-state index in [2.05, 4.69) is 16.3 Å². The maximum atomic E-state index is 5.62. The smallest absolute Gasteiger partial charge is 0.147 e. The van der Waals surface area contributed by atoms with Gasteiger partial charge in [-0.2, -0.15) is 0 Å². The molecule has 3 heteroatoms. The molecule has 0 spiro atoms. The highest BCUT2D eigenvalue weighted by molar-refractivity contribution is 5.75. The summed E-state index contributed by atoms with van der Waals surface area (Å²) in [6.07, 6.45) is 4.88. The van der Waals surface area contributed by atoms with Crippen LogP contribution < -0.4 is 15.0 Å². The van der Waals surface area contributed by atoms with Crippen molar-refractivity contribution in [2.75, 3.05) is 37.5 Å². The van der Waals surface area contributed by atoms with E-state index in [0.717, 1.165) is 17.9 Å². The van der Waals surface area contributed by atoms with Gasteiger partial charge in [0.2, 0.25) is 0 Å². The van der Waals surface area contributed by atoms with Gasteiger partial charge in [-0.15, -0.1) is 0 Å². The largest absolute Gasteiger partial charge is 0.494 e. The minimum Gasteiger partial charge on any atom is -0.494 e. The Morgan fingerprint density at radius 2 is 2.00 bits per heavy atom. The predicted molar refractivity (Wildman–Crippen MR) is 71.4 cm³/mol. The first-order chi connectivity index (χ1) is 8.35. The highest BCUT2D eigenvalue weighted by Gasteiger charge is 2.27. The first-order valence-corrected chi connectivity index (χ1v) is 6.50. The van der Waals surface area contributed by atoms with Crippen LogP contribution in [0.2, 0.25) is 0 Å². The molecule has 0 aliphatic carbocycles. The Balaban J connectivity index is 2.22. The lowest BCUT2D eigenvalue weighted by molar-refractivity contribution is 0.409. The fourth-order valence-corrected chi connectivity index (χ4v) is 3.25. The zero-order valence-corrected chi connectivity index (χ0v) is 10.7. The molecule has 0 saturated carbocycles. The lowest BCUT2D eigenvalue weighted by atomic mass is 9.90. The van der Waals surface area contributed by atoms with Crippen molar-refractivity contribution in [2.24, 2.45) is 0 Å². The molecular formula is C14H20N2O. The molecule has 92 valence electrons. The molecule has 0 radical (unpaired) electrons. The summed E-state index contributed by atoms with van der Waals surface area (Å²) in [5.41, 5.74) is 5.53. The number of hydrogen-bond donors (Lipinski definition) is 1. The number of nitrogens with zero attached hydrogens (tertiary/aromatic N) is 1. The molecule has 2 aliphatic rings. The second-order valence-electron chi connectivity index (χ2n) is 4.89. The first-order valence-electron chi connectivity index (χ1n) is 6.50. The Hall–Kier alpha value is -1.38. The molecule has 1 aromatic carbocycles. The van der Waals surface area contributed by atoms with Gasteiger partial charge < -0.3 is 15.0 Å². The Morgan fingerprint density at radius 1 is 1.24 bits per heavy atom. The van der Waals surface area contributed by atoms with Gasteiger partial charge in [0.15, 0.2) is 0 Å². The van der Waals surface area contributed by atoms with Crippen molar-refractivity contribution in [2.45, 2.75) is 25.7 Å². The Labute approximate surface area is 103 Å². The zero-order chi connectivity index (χ0) is 11.8. The summed E-state index contributed by atoms with van der Waals surface area (Å²) >= 11 is 0. The number of nitrogens with one attached hydrogen (secondary N) is 1. The van der Waals surface area contributed by atoms with Gasteiger partial charge in [-0.05, 0) is 37.3 Å². The van der Waals surface area contributed by atoms with Crippen LogP contribution >= 0.6 is 0 Å². The standard InChI is InChI=1S/C14H20N2O/c1-15-12-9-10-5-3-7-16-8-4-6-11(13(10)16)14(12)17-2/h9,15H,3-8H2,1-2H3.